The number of aryl methyl sites for hydroxylation is 1. The fourth-order valence-electron chi connectivity index (χ4n) is 1.57. The summed E-state index contributed by atoms with van der Waals surface area (Å²) in [5, 5.41) is 0.610. The molecule has 3 heteroatoms. The summed E-state index contributed by atoms with van der Waals surface area (Å²) in [7, 11) is 0. The lowest BCUT2D eigenvalue weighted by Crippen LogP contribution is -2.05. The van der Waals surface area contributed by atoms with Crippen LogP contribution in [0.25, 0.3) is 0 Å². The van der Waals surface area contributed by atoms with E-state index in [4.69, 9.17) is 11.6 Å². The Morgan fingerprint density at radius 2 is 1.82 bits per heavy atom. The quantitative estimate of drug-likeness (QED) is 0.758. The van der Waals surface area contributed by atoms with Gasteiger partial charge in [-0.05, 0) is 50.2 Å². The van der Waals surface area contributed by atoms with Crippen LogP contribution in [-0.2, 0) is 0 Å². The molecule has 0 amide bonds. The molecule has 1 heterocycles. The molecule has 85 valence electrons. The van der Waals surface area contributed by atoms with Crippen molar-refractivity contribution in [2.24, 2.45) is 0 Å². The zero-order valence-corrected chi connectivity index (χ0v) is 10.2. The number of pyridine rings is 1. The van der Waals surface area contributed by atoms with E-state index in [2.05, 4.69) is 11.9 Å². The van der Waals surface area contributed by atoms with Gasteiger partial charge in [-0.1, -0.05) is 11.6 Å². The summed E-state index contributed by atoms with van der Waals surface area (Å²) in [5.74, 6) is -0.0841. The largest absolute Gasteiger partial charge is 0.289 e. The molecule has 0 N–H and O–H groups in total. The minimum atomic E-state index is -0.0841. The van der Waals surface area contributed by atoms with E-state index in [1.54, 1.807) is 36.4 Å². The van der Waals surface area contributed by atoms with E-state index in [-0.39, 0.29) is 5.78 Å². The van der Waals surface area contributed by atoms with Crippen LogP contribution in [0.5, 0.6) is 0 Å². The molecule has 0 fully saturated rings. The van der Waals surface area contributed by atoms with E-state index in [1.807, 2.05) is 6.92 Å². The number of rotatable bonds is 2. The first kappa shape index (κ1) is 11.8. The molecule has 0 saturated carbocycles. The maximum absolute atomic E-state index is 12.2. The lowest BCUT2D eigenvalue weighted by Gasteiger charge is -2.05. The fraction of sp³-hybridized carbons (Fsp3) is 0.0714. The van der Waals surface area contributed by atoms with Crippen molar-refractivity contribution in [1.82, 2.24) is 4.98 Å². The molecule has 17 heavy (non-hydrogen) atoms. The van der Waals surface area contributed by atoms with Crippen LogP contribution in [0.15, 0.2) is 36.4 Å². The van der Waals surface area contributed by atoms with E-state index in [0.717, 1.165) is 5.69 Å². The van der Waals surface area contributed by atoms with Crippen molar-refractivity contribution >= 4 is 17.4 Å². The van der Waals surface area contributed by atoms with E-state index >= 15 is 0 Å². The van der Waals surface area contributed by atoms with Crippen LogP contribution in [0.2, 0.25) is 5.02 Å². The molecule has 1 aromatic heterocycles. The molecule has 1 radical (unpaired) electrons. The molecule has 0 bridgehead atoms. The van der Waals surface area contributed by atoms with E-state index in [1.165, 1.54) is 0 Å². The number of hydrogen-bond donors (Lipinski definition) is 0. The van der Waals surface area contributed by atoms with Gasteiger partial charge in [0.25, 0.3) is 0 Å². The summed E-state index contributed by atoms with van der Waals surface area (Å²) in [5.41, 5.74) is 2.47. The first-order valence-corrected chi connectivity index (χ1v) is 5.55. The molecule has 2 aromatic rings. The van der Waals surface area contributed by atoms with Gasteiger partial charge in [-0.25, -0.2) is 0 Å². The Kier molecular flexibility index (Phi) is 3.25. The van der Waals surface area contributed by atoms with Crippen molar-refractivity contribution in [3.05, 3.63) is 70.9 Å². The van der Waals surface area contributed by atoms with Crippen LogP contribution in [0.1, 0.15) is 27.3 Å². The molecule has 2 rings (SSSR count). The molecular formula is C14H11ClNO. The van der Waals surface area contributed by atoms with Crippen molar-refractivity contribution in [2.75, 3.05) is 0 Å². The molecule has 0 aliphatic heterocycles. The maximum atomic E-state index is 12.2. The van der Waals surface area contributed by atoms with Crippen molar-refractivity contribution < 1.29 is 4.79 Å². The maximum Gasteiger partial charge on any atom is 0.194 e. The predicted molar refractivity (Wildman–Crippen MR) is 68.3 cm³/mol. The summed E-state index contributed by atoms with van der Waals surface area (Å²) in [6.07, 6.45) is 0. The Morgan fingerprint density at radius 3 is 2.41 bits per heavy atom. The number of nitrogens with zero attached hydrogens (tertiary/aromatic N) is 1. The van der Waals surface area contributed by atoms with Crippen molar-refractivity contribution in [3.63, 3.8) is 0 Å². The fourth-order valence-corrected chi connectivity index (χ4v) is 1.70. The topological polar surface area (TPSA) is 30.0 Å². The van der Waals surface area contributed by atoms with Gasteiger partial charge in [0.05, 0.1) is 5.69 Å². The van der Waals surface area contributed by atoms with Crippen molar-refractivity contribution in [3.8, 4) is 0 Å². The van der Waals surface area contributed by atoms with Crippen molar-refractivity contribution in [1.29, 1.82) is 0 Å². The van der Waals surface area contributed by atoms with E-state index in [0.29, 0.717) is 21.8 Å². The molecule has 0 aliphatic rings. The third kappa shape index (κ3) is 2.53. The first-order chi connectivity index (χ1) is 8.08. The molecule has 0 unspecified atom stereocenters. The molecule has 0 aliphatic carbocycles. The normalized spacial score (nSPS) is 10.3. The van der Waals surface area contributed by atoms with Gasteiger partial charge in [0.2, 0.25) is 0 Å². The molecular weight excluding hydrogens is 234 g/mol. The zero-order valence-electron chi connectivity index (χ0n) is 9.40. The minimum absolute atomic E-state index is 0.0841. The van der Waals surface area contributed by atoms with Crippen LogP contribution in [0.4, 0.5) is 0 Å². The Balaban J connectivity index is 2.40. The predicted octanol–water partition coefficient (Wildman–Crippen LogP) is 3.46. The highest BCUT2D eigenvalue weighted by molar-refractivity contribution is 6.30. The first-order valence-electron chi connectivity index (χ1n) is 5.18. The van der Waals surface area contributed by atoms with Gasteiger partial charge < -0.3 is 0 Å². The zero-order chi connectivity index (χ0) is 12.4. The van der Waals surface area contributed by atoms with Crippen LogP contribution in [-0.4, -0.2) is 10.8 Å². The van der Waals surface area contributed by atoms with Crippen LogP contribution in [0, 0.1) is 13.8 Å². The molecule has 1 aromatic carbocycles. The molecule has 0 spiro atoms. The highest BCUT2D eigenvalue weighted by atomic mass is 35.5. The number of ketones is 1. The second-order valence-corrected chi connectivity index (χ2v) is 4.22. The smallest absolute Gasteiger partial charge is 0.194 e. The van der Waals surface area contributed by atoms with E-state index in [9.17, 15) is 4.79 Å². The highest BCUT2D eigenvalue weighted by Gasteiger charge is 2.12. The van der Waals surface area contributed by atoms with Gasteiger partial charge in [0, 0.05) is 21.8 Å². The second-order valence-electron chi connectivity index (χ2n) is 3.78. The Labute approximate surface area is 105 Å². The molecule has 0 saturated heterocycles. The third-order valence-electron chi connectivity index (χ3n) is 2.46. The lowest BCUT2D eigenvalue weighted by atomic mass is 10.0. The minimum Gasteiger partial charge on any atom is -0.289 e. The summed E-state index contributed by atoms with van der Waals surface area (Å²) in [6, 6.07) is 10.3. The third-order valence-corrected chi connectivity index (χ3v) is 2.72. The highest BCUT2D eigenvalue weighted by Crippen LogP contribution is 2.15. The summed E-state index contributed by atoms with van der Waals surface area (Å²) in [4.78, 5) is 16.3. The summed E-state index contributed by atoms with van der Waals surface area (Å²) < 4.78 is 0. The average Bonchev–Trinajstić information content (AvgIpc) is 2.29. The second kappa shape index (κ2) is 4.68. The molecule has 2 nitrogen and oxygen atoms in total. The monoisotopic (exact) mass is 244 g/mol. The SMILES string of the molecule is [CH2]c1nc(C)ccc1C(=O)c1ccc(Cl)cc1. The van der Waals surface area contributed by atoms with Gasteiger partial charge >= 0.3 is 0 Å². The molecule has 0 atom stereocenters. The van der Waals surface area contributed by atoms with Crippen LogP contribution in [0.3, 0.4) is 0 Å². The standard InChI is InChI=1S/C14H11ClNO/c1-9-3-8-13(10(2)16-9)14(17)11-4-6-12(15)7-5-11/h3-8H,2H2,1H3. The Morgan fingerprint density at radius 1 is 1.18 bits per heavy atom. The van der Waals surface area contributed by atoms with Gasteiger partial charge in [-0.2, -0.15) is 0 Å². The van der Waals surface area contributed by atoms with Gasteiger partial charge in [0.1, 0.15) is 0 Å². The Bertz CT molecular complexity index is 561. The number of benzene rings is 1. The number of halogens is 1. The summed E-state index contributed by atoms with van der Waals surface area (Å²) >= 11 is 5.78. The Hall–Kier alpha value is -1.67. The van der Waals surface area contributed by atoms with Crippen LogP contribution >= 0.6 is 11.6 Å². The van der Waals surface area contributed by atoms with Gasteiger partial charge in [0.15, 0.2) is 5.78 Å². The van der Waals surface area contributed by atoms with E-state index < -0.39 is 0 Å². The summed E-state index contributed by atoms with van der Waals surface area (Å²) in [6.45, 7) is 5.65. The van der Waals surface area contributed by atoms with Gasteiger partial charge in [-0.3, -0.25) is 9.78 Å². The van der Waals surface area contributed by atoms with Gasteiger partial charge in [-0.15, -0.1) is 0 Å². The van der Waals surface area contributed by atoms with Crippen molar-refractivity contribution in [2.45, 2.75) is 6.92 Å². The average molecular weight is 245 g/mol. The number of carbonyl (C=O) groups is 1. The number of carbonyl (C=O) groups excluding carboxylic acids is 1. The van der Waals surface area contributed by atoms with Crippen LogP contribution < -0.4 is 0 Å². The lowest BCUT2D eigenvalue weighted by molar-refractivity contribution is 0.103. The number of hydrogen-bond acceptors (Lipinski definition) is 2. The number of aromatic nitrogens is 1.